The van der Waals surface area contributed by atoms with Crippen LogP contribution < -0.4 is 0 Å². The van der Waals surface area contributed by atoms with Crippen molar-refractivity contribution < 1.29 is 47.4 Å². The molecule has 0 heterocycles. The summed E-state index contributed by atoms with van der Waals surface area (Å²) in [6.45, 7) is 0. The van der Waals surface area contributed by atoms with Crippen LogP contribution in [0.3, 0.4) is 0 Å². The first kappa shape index (κ1) is 33.4. The molecular formula is H8I2O4Sm. The van der Waals surface area contributed by atoms with E-state index < -0.39 is 0 Å². The van der Waals surface area contributed by atoms with E-state index in [1.165, 1.54) is 0 Å². The second-order valence-electron chi connectivity index (χ2n) is 0.0583. The van der Waals surface area contributed by atoms with Gasteiger partial charge in [-0.1, -0.05) is 0 Å². The summed E-state index contributed by atoms with van der Waals surface area (Å²) in [6.07, 6.45) is 0. The van der Waals surface area contributed by atoms with Crippen LogP contribution in [0, 0.1) is 25.5 Å². The van der Waals surface area contributed by atoms with Crippen molar-refractivity contribution in [3.8, 4) is 0 Å². The van der Waals surface area contributed by atoms with Crippen molar-refractivity contribution in [2.24, 2.45) is 0 Å². The van der Waals surface area contributed by atoms with Gasteiger partial charge in [0.05, 0.1) is 0 Å². The van der Waals surface area contributed by atoms with Gasteiger partial charge in [0.1, 0.15) is 0 Å². The topological polar surface area (TPSA) is 126 Å². The normalized spacial score (nSPS) is 2.57. The maximum atomic E-state index is 2.44. The Hall–Kier alpha value is 2.64. The number of rotatable bonds is 0. The van der Waals surface area contributed by atoms with Crippen LogP contribution in [0.2, 0.25) is 0 Å². The Labute approximate surface area is 73.9 Å². The van der Waals surface area contributed by atoms with Gasteiger partial charge in [-0.25, -0.2) is 0 Å². The van der Waals surface area contributed by atoms with E-state index in [1.54, 1.807) is 0 Å². The van der Waals surface area contributed by atoms with Crippen LogP contribution in [0.1, 0.15) is 0 Å². The molecule has 52 valence electrons. The summed E-state index contributed by atoms with van der Waals surface area (Å²) in [4.78, 5) is 0. The van der Waals surface area contributed by atoms with Gasteiger partial charge in [0.2, 0.25) is 0 Å². The van der Waals surface area contributed by atoms with E-state index in [4.69, 9.17) is 0 Å². The average molecular weight is 476 g/mol. The van der Waals surface area contributed by atoms with E-state index in [0.29, 0.717) is 0 Å². The first-order chi connectivity index (χ1) is 1.41. The number of hydrogen-bond donors (Lipinski definition) is 0. The van der Waals surface area contributed by atoms with Crippen molar-refractivity contribution in [1.82, 2.24) is 0 Å². The quantitative estimate of drug-likeness (QED) is 0.377. The predicted octanol–water partition coefficient (Wildman–Crippen LogP) is -1.53. The second-order valence-corrected chi connectivity index (χ2v) is 19.5. The van der Waals surface area contributed by atoms with Gasteiger partial charge in [0, 0.05) is 0 Å². The fourth-order valence-electron chi connectivity index (χ4n) is 0. The molecule has 0 bridgehead atoms. The molecule has 0 radical (unpaired) electrons. The minimum atomic E-state index is 0. The first-order valence-corrected chi connectivity index (χ1v) is 15.4. The summed E-state index contributed by atoms with van der Waals surface area (Å²) in [5.41, 5.74) is 0. The van der Waals surface area contributed by atoms with E-state index in [1.807, 2.05) is 0 Å². The molecule has 0 spiro atoms. The van der Waals surface area contributed by atoms with Crippen LogP contribution in [-0.2, 0) is 0 Å². The van der Waals surface area contributed by atoms with Crippen molar-refractivity contribution >= 4 is 28.6 Å². The molecule has 7 heteroatoms. The molecule has 0 aliphatic heterocycles. The molecule has 0 saturated heterocycles. The van der Waals surface area contributed by atoms with Gasteiger partial charge in [-0.2, -0.15) is 0 Å². The molecule has 0 aliphatic rings. The van der Waals surface area contributed by atoms with Crippen molar-refractivity contribution in [1.29, 1.82) is 0 Å². The fourth-order valence-corrected chi connectivity index (χ4v) is 0. The molecular weight excluding hydrogens is 468 g/mol. The molecule has 0 aromatic rings. The second kappa shape index (κ2) is 38.1. The third kappa shape index (κ3) is 54.7. The van der Waals surface area contributed by atoms with Gasteiger partial charge in [-0.05, 0) is 0 Å². The van der Waals surface area contributed by atoms with Crippen molar-refractivity contribution in [3.05, 3.63) is 0 Å². The molecule has 0 unspecified atom stereocenters. The van der Waals surface area contributed by atoms with Gasteiger partial charge in [0.25, 0.3) is 0 Å². The van der Waals surface area contributed by atoms with Gasteiger partial charge >= 0.3 is 54.0 Å². The van der Waals surface area contributed by atoms with Crippen LogP contribution in [0.5, 0.6) is 0 Å². The summed E-state index contributed by atoms with van der Waals surface area (Å²) < 4.78 is 0. The molecule has 0 aliphatic carbocycles. The molecule has 0 aromatic heterocycles. The molecule has 4 nitrogen and oxygen atoms in total. The van der Waals surface area contributed by atoms with Crippen LogP contribution in [0.4, 0.5) is 0 Å². The average Bonchev–Trinajstić information content (AvgIpc) is 0.918. The van der Waals surface area contributed by atoms with E-state index >= 15 is 0 Å². The standard InChI is InChI=1S/2HI.4H2O.Sm/h2*1H;4*1H2;/q;;;;;;+2/p-2. The fraction of sp³-hybridized carbons (Fsp3) is 0. The Morgan fingerprint density at radius 2 is 0.714 bits per heavy atom. The van der Waals surface area contributed by atoms with Crippen molar-refractivity contribution in [2.45, 2.75) is 0 Å². The van der Waals surface area contributed by atoms with Crippen molar-refractivity contribution in [2.75, 3.05) is 0 Å². The van der Waals surface area contributed by atoms with Gasteiger partial charge < -0.3 is 21.9 Å². The third-order valence-corrected chi connectivity index (χ3v) is 0. The summed E-state index contributed by atoms with van der Waals surface area (Å²) in [6, 6.07) is 0. The molecule has 0 rings (SSSR count). The Bertz CT molecular complexity index is 9.65. The van der Waals surface area contributed by atoms with Crippen LogP contribution in [0.15, 0.2) is 0 Å². The summed E-state index contributed by atoms with van der Waals surface area (Å²) in [5, 5.41) is 0. The Kier molecular flexibility index (Phi) is 182. The Balaban J connectivity index is -0.00000000333. The van der Waals surface area contributed by atoms with E-state index in [9.17, 15) is 0 Å². The van der Waals surface area contributed by atoms with Gasteiger partial charge in [-0.3, -0.25) is 0 Å². The van der Waals surface area contributed by atoms with E-state index in [0.717, 1.165) is 0 Å². The molecule has 0 saturated carbocycles. The maximum absolute atomic E-state index is 2.44. The van der Waals surface area contributed by atoms with Gasteiger partial charge in [0.15, 0.2) is 0 Å². The molecule has 8 N–H and O–H groups in total. The van der Waals surface area contributed by atoms with E-state index in [-0.39, 0.29) is 47.4 Å². The monoisotopic (exact) mass is 478 g/mol. The summed E-state index contributed by atoms with van der Waals surface area (Å²) >= 11 is 5.07. The molecule has 0 atom stereocenters. The number of hydrogen-bond acceptors (Lipinski definition) is 0. The first-order valence-electron chi connectivity index (χ1n) is 0.309. The molecule has 0 amide bonds. The third-order valence-electron chi connectivity index (χ3n) is 0. The SMILES string of the molecule is O.O.O.O.[I][Sm][I]. The predicted molar refractivity (Wildman–Crippen MR) is 42.5 cm³/mol. The van der Waals surface area contributed by atoms with Crippen molar-refractivity contribution in [3.63, 3.8) is 0 Å². The summed E-state index contributed by atoms with van der Waals surface area (Å²) in [5.74, 6) is 0. The summed E-state index contributed by atoms with van der Waals surface area (Å²) in [7, 11) is 0. The zero-order valence-corrected chi connectivity index (χ0v) is 10.1. The molecule has 0 fully saturated rings. The van der Waals surface area contributed by atoms with Crippen LogP contribution in [0.25, 0.3) is 0 Å². The van der Waals surface area contributed by atoms with Crippen LogP contribution in [-0.4, -0.2) is 21.9 Å². The minimum absolute atomic E-state index is 0. The Morgan fingerprint density at radius 1 is 0.714 bits per heavy atom. The zero-order valence-electron chi connectivity index (χ0n) is 3.16. The van der Waals surface area contributed by atoms with Gasteiger partial charge in [-0.15, -0.1) is 0 Å². The van der Waals surface area contributed by atoms with Crippen LogP contribution >= 0.6 is 28.6 Å². The zero-order chi connectivity index (χ0) is 2.71. The van der Waals surface area contributed by atoms with E-state index in [2.05, 4.69) is 28.6 Å². The molecule has 0 aromatic carbocycles. The molecule has 7 heavy (non-hydrogen) atoms. The Morgan fingerprint density at radius 3 is 0.714 bits per heavy atom. The number of halogens is 2.